The zero-order valence-electron chi connectivity index (χ0n) is 14.0. The number of rotatable bonds is 3. The summed E-state index contributed by atoms with van der Waals surface area (Å²) in [7, 11) is 0.198. The first kappa shape index (κ1) is 16.2. The van der Waals surface area contributed by atoms with Crippen molar-refractivity contribution in [1.82, 2.24) is 23.6 Å². The minimum Gasteiger partial charge on any atom is -0.337 e. The Hall–Kier alpha value is -1.67. The predicted octanol–water partition coefficient (Wildman–Crippen LogP) is 1.34. The van der Waals surface area contributed by atoms with Gasteiger partial charge in [-0.15, -0.1) is 0 Å². The highest BCUT2D eigenvalue weighted by Gasteiger charge is 2.34. The molecule has 1 aliphatic heterocycles. The van der Waals surface area contributed by atoms with Crippen LogP contribution in [-0.4, -0.2) is 45.1 Å². The first-order chi connectivity index (χ1) is 10.8. The largest absolute Gasteiger partial charge is 0.337 e. The van der Waals surface area contributed by atoms with Crippen LogP contribution < -0.4 is 0 Å². The van der Waals surface area contributed by atoms with Gasteiger partial charge in [0.05, 0.1) is 11.4 Å². The molecule has 1 fully saturated rings. The molecule has 1 aliphatic rings. The van der Waals surface area contributed by atoms with Crippen LogP contribution in [0.3, 0.4) is 0 Å². The van der Waals surface area contributed by atoms with Gasteiger partial charge in [-0.3, -0.25) is 4.68 Å². The van der Waals surface area contributed by atoms with Crippen molar-refractivity contribution in [2.24, 2.45) is 14.1 Å². The van der Waals surface area contributed by atoms with Gasteiger partial charge in [0.1, 0.15) is 10.7 Å². The summed E-state index contributed by atoms with van der Waals surface area (Å²) in [5.41, 5.74) is 1.51. The first-order valence-electron chi connectivity index (χ1n) is 7.79. The van der Waals surface area contributed by atoms with E-state index in [1.165, 1.54) is 0 Å². The van der Waals surface area contributed by atoms with Crippen molar-refractivity contribution in [2.45, 2.75) is 37.5 Å². The molecular formula is C15H23N5O2S. The van der Waals surface area contributed by atoms with E-state index < -0.39 is 10.0 Å². The van der Waals surface area contributed by atoms with Crippen LogP contribution in [0.25, 0.3) is 0 Å². The maximum absolute atomic E-state index is 12.9. The zero-order valence-corrected chi connectivity index (χ0v) is 14.8. The fraction of sp³-hybridized carbons (Fsp3) is 0.600. The topological polar surface area (TPSA) is 73.0 Å². The molecule has 1 atom stereocenters. The van der Waals surface area contributed by atoms with Gasteiger partial charge in [-0.2, -0.15) is 9.40 Å². The Kier molecular flexibility index (Phi) is 4.05. The molecule has 0 radical (unpaired) electrons. The van der Waals surface area contributed by atoms with E-state index in [9.17, 15) is 8.42 Å². The van der Waals surface area contributed by atoms with Crippen LogP contribution in [-0.2, 0) is 24.1 Å². The maximum atomic E-state index is 12.9. The zero-order chi connectivity index (χ0) is 16.8. The standard InChI is InChI=1S/C15H23N5O2S/c1-11-8-18(3)15(16-11)13-6-5-7-20(9-13)23(21,22)14-10-19(4)17-12(14)2/h8,10,13H,5-7,9H2,1-4H3/t13-/m0/s1. The minimum absolute atomic E-state index is 0.134. The lowest BCUT2D eigenvalue weighted by atomic mass is 9.99. The van der Waals surface area contributed by atoms with Crippen molar-refractivity contribution in [3.05, 3.63) is 29.6 Å². The molecular weight excluding hydrogens is 314 g/mol. The first-order valence-corrected chi connectivity index (χ1v) is 9.23. The molecule has 0 spiro atoms. The van der Waals surface area contributed by atoms with Gasteiger partial charge >= 0.3 is 0 Å². The molecule has 0 bridgehead atoms. The van der Waals surface area contributed by atoms with E-state index in [1.807, 2.05) is 24.7 Å². The Morgan fingerprint density at radius 2 is 1.96 bits per heavy atom. The third-order valence-corrected chi connectivity index (χ3v) is 6.34. The Bertz CT molecular complexity index is 821. The second-order valence-corrected chi connectivity index (χ2v) is 8.21. The highest BCUT2D eigenvalue weighted by atomic mass is 32.2. The molecule has 23 heavy (non-hydrogen) atoms. The summed E-state index contributed by atoms with van der Waals surface area (Å²) in [5.74, 6) is 1.10. The molecule has 126 valence electrons. The normalized spacial score (nSPS) is 20.1. The van der Waals surface area contributed by atoms with Crippen LogP contribution in [0.15, 0.2) is 17.3 Å². The van der Waals surface area contributed by atoms with Gasteiger partial charge < -0.3 is 4.57 Å². The summed E-state index contributed by atoms with van der Waals surface area (Å²) in [6.07, 6.45) is 5.37. The number of aromatic nitrogens is 4. The van der Waals surface area contributed by atoms with Crippen LogP contribution in [0.2, 0.25) is 0 Å². The van der Waals surface area contributed by atoms with Crippen molar-refractivity contribution in [1.29, 1.82) is 0 Å². The van der Waals surface area contributed by atoms with Crippen LogP contribution in [0.4, 0.5) is 0 Å². The van der Waals surface area contributed by atoms with E-state index in [1.54, 1.807) is 29.2 Å². The highest BCUT2D eigenvalue weighted by Crippen LogP contribution is 2.30. The second-order valence-electron chi connectivity index (χ2n) is 6.31. The van der Waals surface area contributed by atoms with Gasteiger partial charge in [0.25, 0.3) is 0 Å². The van der Waals surface area contributed by atoms with Crippen molar-refractivity contribution in [3.8, 4) is 0 Å². The SMILES string of the molecule is Cc1cn(C)c([C@H]2CCCN(S(=O)(=O)c3cn(C)nc3C)C2)n1. The molecule has 2 aromatic rings. The molecule has 1 saturated heterocycles. The van der Waals surface area contributed by atoms with E-state index in [4.69, 9.17) is 0 Å². The van der Waals surface area contributed by atoms with Crippen molar-refractivity contribution in [3.63, 3.8) is 0 Å². The number of nitrogens with zero attached hydrogens (tertiary/aromatic N) is 5. The Labute approximate surface area is 137 Å². The number of aryl methyl sites for hydroxylation is 4. The summed E-state index contributed by atoms with van der Waals surface area (Å²) in [4.78, 5) is 4.87. The quantitative estimate of drug-likeness (QED) is 0.847. The molecule has 8 heteroatoms. The Balaban J connectivity index is 1.89. The molecule has 0 N–H and O–H groups in total. The molecule has 0 amide bonds. The van der Waals surface area contributed by atoms with Crippen LogP contribution in [0, 0.1) is 13.8 Å². The van der Waals surface area contributed by atoms with E-state index in [2.05, 4.69) is 10.1 Å². The van der Waals surface area contributed by atoms with Gasteiger partial charge in [-0.05, 0) is 26.7 Å². The maximum Gasteiger partial charge on any atom is 0.246 e. The third-order valence-electron chi connectivity index (χ3n) is 4.37. The van der Waals surface area contributed by atoms with Gasteiger partial charge in [-0.1, -0.05) is 0 Å². The smallest absolute Gasteiger partial charge is 0.246 e. The van der Waals surface area contributed by atoms with Crippen LogP contribution in [0.1, 0.15) is 36.0 Å². The van der Waals surface area contributed by atoms with Crippen molar-refractivity contribution in [2.75, 3.05) is 13.1 Å². The monoisotopic (exact) mass is 337 g/mol. The second kappa shape index (κ2) is 5.76. The van der Waals surface area contributed by atoms with Crippen molar-refractivity contribution < 1.29 is 8.42 Å². The number of piperidine rings is 1. The fourth-order valence-electron chi connectivity index (χ4n) is 3.36. The third kappa shape index (κ3) is 2.92. The molecule has 2 aromatic heterocycles. The van der Waals surface area contributed by atoms with Gasteiger partial charge in [-0.25, -0.2) is 13.4 Å². The van der Waals surface area contributed by atoms with E-state index in [0.29, 0.717) is 23.7 Å². The molecule has 0 unspecified atom stereocenters. The average Bonchev–Trinajstić information content (AvgIpc) is 3.00. The summed E-state index contributed by atoms with van der Waals surface area (Å²) in [6, 6.07) is 0. The lowest BCUT2D eigenvalue weighted by Gasteiger charge is -2.31. The highest BCUT2D eigenvalue weighted by molar-refractivity contribution is 7.89. The predicted molar refractivity (Wildman–Crippen MR) is 86.6 cm³/mol. The van der Waals surface area contributed by atoms with Gasteiger partial charge in [0, 0.05) is 45.5 Å². The number of imidazole rings is 1. The van der Waals surface area contributed by atoms with E-state index >= 15 is 0 Å². The number of hydrogen-bond acceptors (Lipinski definition) is 4. The molecule has 0 saturated carbocycles. The number of hydrogen-bond donors (Lipinski definition) is 0. The van der Waals surface area contributed by atoms with Gasteiger partial charge in [0.2, 0.25) is 10.0 Å². The summed E-state index contributed by atoms with van der Waals surface area (Å²) in [5, 5.41) is 4.16. The van der Waals surface area contributed by atoms with E-state index in [0.717, 1.165) is 24.4 Å². The number of sulfonamides is 1. The summed E-state index contributed by atoms with van der Waals surface area (Å²) < 4.78 is 31.0. The Morgan fingerprint density at radius 1 is 1.22 bits per heavy atom. The lowest BCUT2D eigenvalue weighted by Crippen LogP contribution is -2.39. The molecule has 0 aliphatic carbocycles. The van der Waals surface area contributed by atoms with Crippen molar-refractivity contribution >= 4 is 10.0 Å². The Morgan fingerprint density at radius 3 is 2.52 bits per heavy atom. The molecule has 3 rings (SSSR count). The van der Waals surface area contributed by atoms with Gasteiger partial charge in [0.15, 0.2) is 0 Å². The van der Waals surface area contributed by atoms with Crippen LogP contribution >= 0.6 is 0 Å². The van der Waals surface area contributed by atoms with E-state index in [-0.39, 0.29) is 5.92 Å². The fourth-order valence-corrected chi connectivity index (χ4v) is 5.08. The average molecular weight is 337 g/mol. The summed E-state index contributed by atoms with van der Waals surface area (Å²) in [6.45, 7) is 4.72. The molecule has 7 nitrogen and oxygen atoms in total. The lowest BCUT2D eigenvalue weighted by molar-refractivity contribution is 0.306. The molecule has 3 heterocycles. The summed E-state index contributed by atoms with van der Waals surface area (Å²) >= 11 is 0. The minimum atomic E-state index is -3.51. The van der Waals surface area contributed by atoms with Crippen LogP contribution in [0.5, 0.6) is 0 Å². The molecule has 0 aromatic carbocycles.